The van der Waals surface area contributed by atoms with Crippen LogP contribution in [-0.2, 0) is 0 Å². The highest BCUT2D eigenvalue weighted by molar-refractivity contribution is 5.42. The third kappa shape index (κ3) is 5.37. The highest BCUT2D eigenvalue weighted by Gasteiger charge is 2.14. The largest absolute Gasteiger partial charge is 0.489 e. The maximum absolute atomic E-state index is 10.1. The summed E-state index contributed by atoms with van der Waals surface area (Å²) in [5, 5.41) is 19.1. The van der Waals surface area contributed by atoms with E-state index in [1.54, 1.807) is 12.1 Å². The first-order valence-corrected chi connectivity index (χ1v) is 7.82. The minimum absolute atomic E-state index is 0.231. The summed E-state index contributed by atoms with van der Waals surface area (Å²) in [5.41, 5.74) is 0.510. The first-order chi connectivity index (χ1) is 10.3. The van der Waals surface area contributed by atoms with Crippen molar-refractivity contribution in [1.82, 2.24) is 4.90 Å². The minimum atomic E-state index is -0.517. The van der Waals surface area contributed by atoms with Crippen LogP contribution in [-0.4, -0.2) is 42.4 Å². The topological polar surface area (TPSA) is 56.5 Å². The van der Waals surface area contributed by atoms with Gasteiger partial charge in [-0.15, -0.1) is 0 Å². The molecular weight excluding hydrogens is 264 g/mol. The average molecular weight is 288 g/mol. The molecule has 0 amide bonds. The van der Waals surface area contributed by atoms with Gasteiger partial charge < -0.3 is 14.7 Å². The van der Waals surface area contributed by atoms with Crippen LogP contribution in [0.25, 0.3) is 0 Å². The molecule has 0 saturated carbocycles. The van der Waals surface area contributed by atoms with Crippen molar-refractivity contribution in [2.75, 3.05) is 26.2 Å². The van der Waals surface area contributed by atoms with E-state index >= 15 is 0 Å². The summed E-state index contributed by atoms with van der Waals surface area (Å²) in [4.78, 5) is 2.32. The van der Waals surface area contributed by atoms with E-state index in [1.807, 2.05) is 12.1 Å². The quantitative estimate of drug-likeness (QED) is 0.904. The molecule has 1 fully saturated rings. The Morgan fingerprint density at radius 1 is 1.14 bits per heavy atom. The number of aliphatic hydroxyl groups excluding tert-OH is 1. The number of hydrogen-bond donors (Lipinski definition) is 1. The van der Waals surface area contributed by atoms with Crippen molar-refractivity contribution in [3.8, 4) is 11.8 Å². The Labute approximate surface area is 127 Å². The number of nitrogens with zero attached hydrogens (tertiary/aromatic N) is 2. The molecule has 4 heteroatoms. The van der Waals surface area contributed by atoms with Crippen molar-refractivity contribution in [2.45, 2.75) is 38.2 Å². The Kier molecular flexibility index (Phi) is 6.52. The fourth-order valence-corrected chi connectivity index (χ4v) is 2.72. The minimum Gasteiger partial charge on any atom is -0.489 e. The molecule has 1 unspecified atom stereocenters. The van der Waals surface area contributed by atoms with Crippen molar-refractivity contribution in [2.24, 2.45) is 0 Å². The Morgan fingerprint density at radius 2 is 1.81 bits per heavy atom. The van der Waals surface area contributed by atoms with Crippen LogP contribution >= 0.6 is 0 Å². The molecule has 0 aliphatic carbocycles. The van der Waals surface area contributed by atoms with E-state index in [4.69, 9.17) is 10.00 Å². The van der Waals surface area contributed by atoms with Gasteiger partial charge >= 0.3 is 0 Å². The molecule has 1 heterocycles. The van der Waals surface area contributed by atoms with Crippen molar-refractivity contribution >= 4 is 0 Å². The standard InChI is InChI=1S/C17H24N2O2/c18-12-15-8-4-5-9-17(15)21-14-16(20)13-19-10-6-2-1-3-7-11-19/h4-5,8-9,16,20H,1-3,6-7,10-11,13-14H2. The molecule has 4 nitrogen and oxygen atoms in total. The van der Waals surface area contributed by atoms with Crippen molar-refractivity contribution in [1.29, 1.82) is 5.26 Å². The summed E-state index contributed by atoms with van der Waals surface area (Å²) in [6.07, 6.45) is 5.83. The molecular formula is C17H24N2O2. The van der Waals surface area contributed by atoms with Gasteiger partial charge in [0.15, 0.2) is 0 Å². The van der Waals surface area contributed by atoms with Crippen LogP contribution in [0.1, 0.15) is 37.7 Å². The van der Waals surface area contributed by atoms with E-state index in [0.29, 0.717) is 17.9 Å². The summed E-state index contributed by atoms with van der Waals surface area (Å²) in [6.45, 7) is 3.00. The zero-order chi connectivity index (χ0) is 14.9. The van der Waals surface area contributed by atoms with Crippen LogP contribution in [0.15, 0.2) is 24.3 Å². The summed E-state index contributed by atoms with van der Waals surface area (Å²) < 4.78 is 5.59. The van der Waals surface area contributed by atoms with E-state index in [2.05, 4.69) is 11.0 Å². The van der Waals surface area contributed by atoms with Gasteiger partial charge in [-0.1, -0.05) is 31.4 Å². The first-order valence-electron chi connectivity index (χ1n) is 7.82. The fraction of sp³-hybridized carbons (Fsp3) is 0.588. The molecule has 114 valence electrons. The molecule has 0 spiro atoms. The highest BCUT2D eigenvalue weighted by Crippen LogP contribution is 2.17. The lowest BCUT2D eigenvalue weighted by molar-refractivity contribution is 0.0653. The predicted molar refractivity (Wildman–Crippen MR) is 82.2 cm³/mol. The van der Waals surface area contributed by atoms with Crippen molar-refractivity contribution < 1.29 is 9.84 Å². The lowest BCUT2D eigenvalue weighted by Crippen LogP contribution is -2.37. The zero-order valence-corrected chi connectivity index (χ0v) is 12.5. The van der Waals surface area contributed by atoms with Gasteiger partial charge in [-0.05, 0) is 38.1 Å². The number of ether oxygens (including phenoxy) is 1. The van der Waals surface area contributed by atoms with Gasteiger partial charge in [0.1, 0.15) is 24.5 Å². The van der Waals surface area contributed by atoms with Gasteiger partial charge in [0.2, 0.25) is 0 Å². The Balaban J connectivity index is 1.78. The molecule has 1 aliphatic heterocycles. The third-order valence-corrected chi connectivity index (χ3v) is 3.86. The molecule has 1 N–H and O–H groups in total. The fourth-order valence-electron chi connectivity index (χ4n) is 2.72. The number of nitriles is 1. The zero-order valence-electron chi connectivity index (χ0n) is 12.5. The van der Waals surface area contributed by atoms with E-state index in [9.17, 15) is 5.11 Å². The average Bonchev–Trinajstić information content (AvgIpc) is 2.48. The number of hydrogen-bond acceptors (Lipinski definition) is 4. The SMILES string of the molecule is N#Cc1ccccc1OCC(O)CN1CCCCCCC1. The molecule has 0 aromatic heterocycles. The Morgan fingerprint density at radius 3 is 2.52 bits per heavy atom. The Hall–Kier alpha value is -1.57. The first kappa shape index (κ1) is 15.8. The highest BCUT2D eigenvalue weighted by atomic mass is 16.5. The number of likely N-dealkylation sites (tertiary alicyclic amines) is 1. The van der Waals surface area contributed by atoms with E-state index in [1.165, 1.54) is 32.1 Å². The molecule has 1 aliphatic rings. The van der Waals surface area contributed by atoms with Gasteiger partial charge in [-0.3, -0.25) is 0 Å². The maximum Gasteiger partial charge on any atom is 0.137 e. The Bertz CT molecular complexity index is 462. The molecule has 1 aromatic rings. The van der Waals surface area contributed by atoms with Crippen LogP contribution in [0.4, 0.5) is 0 Å². The summed E-state index contributed by atoms with van der Waals surface area (Å²) in [6, 6.07) is 9.23. The second kappa shape index (κ2) is 8.66. The van der Waals surface area contributed by atoms with Crippen LogP contribution < -0.4 is 4.74 Å². The lowest BCUT2D eigenvalue weighted by Gasteiger charge is -2.26. The van der Waals surface area contributed by atoms with Crippen molar-refractivity contribution in [3.63, 3.8) is 0 Å². The third-order valence-electron chi connectivity index (χ3n) is 3.86. The van der Waals surface area contributed by atoms with Crippen LogP contribution in [0.5, 0.6) is 5.75 Å². The van der Waals surface area contributed by atoms with Crippen molar-refractivity contribution in [3.05, 3.63) is 29.8 Å². The summed E-state index contributed by atoms with van der Waals surface area (Å²) >= 11 is 0. The maximum atomic E-state index is 10.1. The second-order valence-electron chi connectivity index (χ2n) is 5.64. The molecule has 2 rings (SSSR count). The van der Waals surface area contributed by atoms with E-state index in [-0.39, 0.29) is 6.61 Å². The number of aliphatic hydroxyl groups is 1. The second-order valence-corrected chi connectivity index (χ2v) is 5.64. The number of para-hydroxylation sites is 1. The molecule has 1 saturated heterocycles. The van der Waals surface area contributed by atoms with Gasteiger partial charge in [-0.25, -0.2) is 0 Å². The van der Waals surface area contributed by atoms with Gasteiger partial charge in [0.25, 0.3) is 0 Å². The molecule has 1 aromatic carbocycles. The normalized spacial score (nSPS) is 18.3. The molecule has 0 bridgehead atoms. The summed E-state index contributed by atoms with van der Waals surface area (Å²) in [5.74, 6) is 0.548. The van der Waals surface area contributed by atoms with Gasteiger partial charge in [0, 0.05) is 6.54 Å². The van der Waals surface area contributed by atoms with Gasteiger partial charge in [-0.2, -0.15) is 5.26 Å². The predicted octanol–water partition coefficient (Wildman–Crippen LogP) is 2.56. The smallest absolute Gasteiger partial charge is 0.137 e. The molecule has 0 radical (unpaired) electrons. The van der Waals surface area contributed by atoms with Crippen LogP contribution in [0, 0.1) is 11.3 Å². The van der Waals surface area contributed by atoms with E-state index in [0.717, 1.165) is 13.1 Å². The molecule has 1 atom stereocenters. The lowest BCUT2D eigenvalue weighted by atomic mass is 10.1. The molecule has 21 heavy (non-hydrogen) atoms. The van der Waals surface area contributed by atoms with Crippen LogP contribution in [0.3, 0.4) is 0 Å². The van der Waals surface area contributed by atoms with E-state index < -0.39 is 6.10 Å². The summed E-state index contributed by atoms with van der Waals surface area (Å²) in [7, 11) is 0. The number of benzene rings is 1. The number of β-amino-alcohol motifs (C(OH)–C–C–N with tert-alkyl or cyclic N) is 1. The number of rotatable bonds is 5. The van der Waals surface area contributed by atoms with Gasteiger partial charge in [0.05, 0.1) is 5.56 Å². The monoisotopic (exact) mass is 288 g/mol. The van der Waals surface area contributed by atoms with Crippen LogP contribution in [0.2, 0.25) is 0 Å².